The molecule has 21 nitrogen and oxygen atoms in total. The number of hydrogen-bond donors (Lipinski definition) is 8. The van der Waals surface area contributed by atoms with Crippen LogP contribution in [0.2, 0.25) is 0 Å². The zero-order chi connectivity index (χ0) is 54.7. The molecule has 0 unspecified atom stereocenters. The monoisotopic (exact) mass is 1070 g/mol. The second-order valence-corrected chi connectivity index (χ2v) is 23.5. The summed E-state index contributed by atoms with van der Waals surface area (Å²) in [4.78, 5) is 26.6. The first-order valence-electron chi connectivity index (χ1n) is 27.2. The maximum atomic E-state index is 13.6. The van der Waals surface area contributed by atoms with Gasteiger partial charge in [0.2, 0.25) is 0 Å². The molecule has 4 saturated heterocycles. The van der Waals surface area contributed by atoms with Gasteiger partial charge in [-0.2, -0.15) is 0 Å². The maximum Gasteiger partial charge on any atom is 0.330 e. The van der Waals surface area contributed by atoms with E-state index < -0.39 is 157 Å². The number of carbonyl (C=O) groups is 2. The average Bonchev–Trinajstić information content (AvgIpc) is 3.70. The third-order valence-electron chi connectivity index (χ3n) is 18.7. The van der Waals surface area contributed by atoms with E-state index in [1.54, 1.807) is 21.0 Å². The standard InChI is InChI=1S/C54H86O21/c1-25(2)26(3)17-40(59)72-39-22-37-51(8)14-12-32(18-31(51)11-15-53(37,63)54(64)16-13-38(58)52(39,54)23-27(4)56)70-42-20-34(65-9)48(29(6)68-42)74-41-19-33(57)47(28(5)67-41)73-43-21-35(66-10)49(30(7)69-43)75-50-46(62)45(61)44(60)36(24-55)71-50/h11,17,25,28-30,32-39,41-50,55,57-58,60-64H,12-16,18-24H2,1-10H3/b26-17+/t28-,29-,30-,32+,33-,34-,35-,36-,37-,38+,39-,41+,42+,43+,44-,45+,46-,47+,48+,49+,50+,51+,52+,53+,54-/m1/s1. The fourth-order valence-electron chi connectivity index (χ4n) is 14.2. The maximum absolute atomic E-state index is 13.6. The number of allylic oxidation sites excluding steroid dienone is 1. The number of fused-ring (bicyclic) bond motifs is 5. The third-order valence-corrected chi connectivity index (χ3v) is 18.7. The van der Waals surface area contributed by atoms with Crippen molar-refractivity contribution in [2.24, 2.45) is 22.7 Å². The number of methoxy groups -OCH3 is 2. The van der Waals surface area contributed by atoms with Crippen LogP contribution in [0, 0.1) is 22.7 Å². The molecular formula is C54H86O21. The molecule has 0 aromatic heterocycles. The Balaban J connectivity index is 0.868. The molecule has 8 aliphatic rings. The number of aliphatic hydroxyl groups is 8. The van der Waals surface area contributed by atoms with Crippen LogP contribution in [-0.2, 0) is 61.7 Å². The van der Waals surface area contributed by atoms with E-state index in [1.807, 2.05) is 33.8 Å². The minimum Gasteiger partial charge on any atom is -0.458 e. The first-order chi connectivity index (χ1) is 35.3. The SMILES string of the molecule is CO[C@@H]1C[C@H](O[C@H]2CC[C@@]3(C)C(=CC[C@]4(O)[C@@H]3C[C@@H](OC(=O)/C=C(\C)C(C)C)[C@]3(CC(C)=O)[C@@H](O)CC[C@@]34O)C2)O[C@H](C)[C@@H]1O[C@H]1C[C@@H](O)[C@@H](O[C@H]2C[C@@H](OC)[C@@H](O[C@@H]3O[C@H](CO)[C@@H](O)[C@H](O)[C@H]3O)[C@@H](C)O2)[C@@H](C)O1. The highest BCUT2D eigenvalue weighted by Crippen LogP contribution is 2.70. The van der Waals surface area contributed by atoms with Gasteiger partial charge in [-0.1, -0.05) is 38.0 Å². The molecule has 0 radical (unpaired) electrons. The highest BCUT2D eigenvalue weighted by Gasteiger charge is 2.78. The molecule has 4 aliphatic carbocycles. The molecule has 7 fully saturated rings. The largest absolute Gasteiger partial charge is 0.458 e. The van der Waals surface area contributed by atoms with Crippen molar-refractivity contribution in [3.8, 4) is 0 Å². The fraction of sp³-hybridized carbons (Fsp3) is 0.889. The molecule has 0 aromatic rings. The molecule has 3 saturated carbocycles. The zero-order valence-corrected chi connectivity index (χ0v) is 45.2. The molecule has 75 heavy (non-hydrogen) atoms. The van der Waals surface area contributed by atoms with Crippen LogP contribution in [0.5, 0.6) is 0 Å². The Morgan fingerprint density at radius 3 is 1.93 bits per heavy atom. The molecule has 8 N–H and O–H groups in total. The van der Waals surface area contributed by atoms with E-state index in [4.69, 9.17) is 52.1 Å². The van der Waals surface area contributed by atoms with Crippen LogP contribution in [0.3, 0.4) is 0 Å². The second kappa shape index (κ2) is 23.2. The third kappa shape index (κ3) is 11.0. The first kappa shape index (κ1) is 59.0. The lowest BCUT2D eigenvalue weighted by Gasteiger charge is -2.66. The molecule has 0 bridgehead atoms. The van der Waals surface area contributed by atoms with Crippen LogP contribution in [-0.4, -0.2) is 207 Å². The molecule has 0 aromatic carbocycles. The number of ketones is 1. The lowest BCUT2D eigenvalue weighted by atomic mass is 9.42. The molecule has 21 heteroatoms. The Morgan fingerprint density at radius 2 is 1.35 bits per heavy atom. The summed E-state index contributed by atoms with van der Waals surface area (Å²) in [6.45, 7) is 14.0. The highest BCUT2D eigenvalue weighted by atomic mass is 16.8. The van der Waals surface area contributed by atoms with Crippen LogP contribution in [0.25, 0.3) is 0 Å². The van der Waals surface area contributed by atoms with Gasteiger partial charge in [0.05, 0.1) is 60.9 Å². The quantitative estimate of drug-likeness (QED) is 0.0621. The summed E-state index contributed by atoms with van der Waals surface area (Å²) in [6.07, 6.45) is -12.5. The molecular weight excluding hydrogens is 985 g/mol. The van der Waals surface area contributed by atoms with Crippen LogP contribution < -0.4 is 0 Å². The smallest absolute Gasteiger partial charge is 0.330 e. The normalized spacial score (nSPS) is 49.3. The van der Waals surface area contributed by atoms with Crippen LogP contribution in [0.15, 0.2) is 23.3 Å². The van der Waals surface area contributed by atoms with Crippen molar-refractivity contribution in [2.75, 3.05) is 20.8 Å². The number of rotatable bonds is 16. The van der Waals surface area contributed by atoms with Gasteiger partial charge in [0.1, 0.15) is 65.8 Å². The molecule has 25 atom stereocenters. The Labute approximate surface area is 440 Å². The number of esters is 1. The highest BCUT2D eigenvalue weighted by molar-refractivity contribution is 5.83. The van der Waals surface area contributed by atoms with Crippen LogP contribution in [0.1, 0.15) is 126 Å². The number of Topliss-reactive ketones (excluding diaryl/α,β-unsaturated/α-hetero) is 1. The van der Waals surface area contributed by atoms with Gasteiger partial charge in [-0.25, -0.2) is 4.79 Å². The van der Waals surface area contributed by atoms with Crippen molar-refractivity contribution in [2.45, 2.75) is 260 Å². The summed E-state index contributed by atoms with van der Waals surface area (Å²) >= 11 is 0. The van der Waals surface area contributed by atoms with E-state index in [-0.39, 0.29) is 62.8 Å². The van der Waals surface area contributed by atoms with Crippen molar-refractivity contribution in [1.29, 1.82) is 0 Å². The number of carbonyl (C=O) groups excluding carboxylic acids is 2. The predicted octanol–water partition coefficient (Wildman–Crippen LogP) is 1.76. The lowest BCUT2D eigenvalue weighted by molar-refractivity contribution is -0.356. The predicted molar refractivity (Wildman–Crippen MR) is 262 cm³/mol. The Bertz CT molecular complexity index is 2040. The summed E-state index contributed by atoms with van der Waals surface area (Å²) in [5.41, 5.74) is -4.01. The van der Waals surface area contributed by atoms with E-state index in [1.165, 1.54) is 20.1 Å². The van der Waals surface area contributed by atoms with Crippen molar-refractivity contribution in [1.82, 2.24) is 0 Å². The van der Waals surface area contributed by atoms with Crippen LogP contribution in [0.4, 0.5) is 0 Å². The van der Waals surface area contributed by atoms with Gasteiger partial charge >= 0.3 is 5.97 Å². The van der Waals surface area contributed by atoms with Crippen molar-refractivity contribution >= 4 is 11.8 Å². The molecule has 0 amide bonds. The molecule has 0 spiro atoms. The summed E-state index contributed by atoms with van der Waals surface area (Å²) in [6, 6.07) is 0. The zero-order valence-electron chi connectivity index (χ0n) is 45.2. The minimum atomic E-state index is -1.92. The van der Waals surface area contributed by atoms with E-state index in [9.17, 15) is 50.4 Å². The van der Waals surface area contributed by atoms with Gasteiger partial charge in [0.25, 0.3) is 0 Å². The first-order valence-corrected chi connectivity index (χ1v) is 27.2. The topological polar surface area (TPSA) is 298 Å². The Kier molecular flexibility index (Phi) is 18.2. The lowest BCUT2D eigenvalue weighted by Crippen LogP contribution is -2.77. The van der Waals surface area contributed by atoms with Gasteiger partial charge < -0.3 is 97.8 Å². The molecule has 4 aliphatic heterocycles. The van der Waals surface area contributed by atoms with Gasteiger partial charge in [-0.3, -0.25) is 0 Å². The molecule has 428 valence electrons. The molecule has 8 rings (SSSR count). The average molecular weight is 1070 g/mol. The van der Waals surface area contributed by atoms with E-state index in [0.29, 0.717) is 25.7 Å². The fourth-order valence-corrected chi connectivity index (χ4v) is 14.2. The van der Waals surface area contributed by atoms with Gasteiger partial charge in [-0.05, 0) is 90.9 Å². The summed E-state index contributed by atoms with van der Waals surface area (Å²) in [7, 11) is 3.07. The molecule has 4 heterocycles. The Morgan fingerprint density at radius 1 is 0.760 bits per heavy atom. The summed E-state index contributed by atoms with van der Waals surface area (Å²) in [5, 5.41) is 89.8. The van der Waals surface area contributed by atoms with E-state index in [0.717, 1.165) is 11.1 Å². The second-order valence-electron chi connectivity index (χ2n) is 23.5. The number of ether oxygens (including phenoxy) is 11. The Hall–Kier alpha value is -2.10. The van der Waals surface area contributed by atoms with E-state index >= 15 is 0 Å². The summed E-state index contributed by atoms with van der Waals surface area (Å²) in [5.74, 6) is -1.38. The van der Waals surface area contributed by atoms with Gasteiger partial charge in [0, 0.05) is 51.9 Å². The van der Waals surface area contributed by atoms with Gasteiger partial charge in [-0.15, -0.1) is 0 Å². The minimum absolute atomic E-state index is 0.0451. The van der Waals surface area contributed by atoms with Gasteiger partial charge in [0.15, 0.2) is 25.2 Å². The van der Waals surface area contributed by atoms with Crippen molar-refractivity contribution in [3.05, 3.63) is 23.3 Å². The van der Waals surface area contributed by atoms with Crippen LogP contribution >= 0.6 is 0 Å². The number of hydrogen-bond acceptors (Lipinski definition) is 21. The summed E-state index contributed by atoms with van der Waals surface area (Å²) < 4.78 is 68.0. The van der Waals surface area contributed by atoms with Crippen molar-refractivity contribution in [3.63, 3.8) is 0 Å². The van der Waals surface area contributed by atoms with E-state index in [2.05, 4.69) is 6.92 Å². The number of aliphatic hydroxyl groups excluding tert-OH is 6. The van der Waals surface area contributed by atoms with Crippen molar-refractivity contribution < 1.29 is 103 Å².